The molecule has 1 heterocycles. The highest BCUT2D eigenvalue weighted by molar-refractivity contribution is 5.72. The SMILES string of the molecule is CC1=C(CC/C(C)=C/CC[C@]2(C)CC[C@@H]([C@@H](C)C(=O)OCc3ccccc3)OO2)C(C)(C)CCC1. The first-order valence-electron chi connectivity index (χ1n) is 13.5. The second kappa shape index (κ2) is 12.4. The van der Waals surface area contributed by atoms with Crippen molar-refractivity contribution in [3.05, 3.63) is 58.7 Å². The molecule has 0 radical (unpaired) electrons. The Bertz CT molecular complexity index is 888. The molecule has 3 atom stereocenters. The molecule has 1 fully saturated rings. The van der Waals surface area contributed by atoms with Crippen LogP contribution in [0.2, 0.25) is 0 Å². The van der Waals surface area contributed by atoms with Crippen molar-refractivity contribution in [2.24, 2.45) is 11.3 Å². The topological polar surface area (TPSA) is 44.8 Å². The Hall–Kier alpha value is -1.91. The summed E-state index contributed by atoms with van der Waals surface area (Å²) in [5, 5.41) is 0. The number of hydrogen-bond donors (Lipinski definition) is 0. The number of benzene rings is 1. The fourth-order valence-electron chi connectivity index (χ4n) is 5.50. The Morgan fingerprint density at radius 3 is 2.60 bits per heavy atom. The van der Waals surface area contributed by atoms with Crippen LogP contribution in [0.25, 0.3) is 0 Å². The summed E-state index contributed by atoms with van der Waals surface area (Å²) in [6.07, 6.45) is 11.9. The van der Waals surface area contributed by atoms with Crippen molar-refractivity contribution in [3.8, 4) is 0 Å². The molecule has 4 nitrogen and oxygen atoms in total. The summed E-state index contributed by atoms with van der Waals surface area (Å²) in [6, 6.07) is 9.74. The van der Waals surface area contributed by atoms with E-state index in [1.165, 1.54) is 31.3 Å². The summed E-state index contributed by atoms with van der Waals surface area (Å²) in [4.78, 5) is 24.1. The van der Waals surface area contributed by atoms with Crippen LogP contribution in [0.3, 0.4) is 0 Å². The molecule has 35 heavy (non-hydrogen) atoms. The second-order valence-electron chi connectivity index (χ2n) is 11.7. The maximum Gasteiger partial charge on any atom is 0.311 e. The van der Waals surface area contributed by atoms with Crippen molar-refractivity contribution >= 4 is 5.97 Å². The van der Waals surface area contributed by atoms with E-state index in [4.69, 9.17) is 14.5 Å². The van der Waals surface area contributed by atoms with E-state index in [-0.39, 0.29) is 30.2 Å². The van der Waals surface area contributed by atoms with Gasteiger partial charge in [0.05, 0.1) is 5.92 Å². The van der Waals surface area contributed by atoms with Gasteiger partial charge in [-0.3, -0.25) is 4.79 Å². The molecule has 1 aromatic rings. The molecule has 4 heteroatoms. The van der Waals surface area contributed by atoms with E-state index < -0.39 is 0 Å². The summed E-state index contributed by atoms with van der Waals surface area (Å²) in [5.74, 6) is -0.594. The first kappa shape index (κ1) is 27.7. The van der Waals surface area contributed by atoms with Gasteiger partial charge in [0.25, 0.3) is 0 Å². The molecule has 0 N–H and O–H groups in total. The van der Waals surface area contributed by atoms with Crippen LogP contribution in [0.1, 0.15) is 105 Å². The van der Waals surface area contributed by atoms with Gasteiger partial charge in [-0.05, 0) is 96.5 Å². The number of carbonyl (C=O) groups is 1. The Kier molecular flexibility index (Phi) is 9.77. The van der Waals surface area contributed by atoms with Crippen molar-refractivity contribution in [1.82, 2.24) is 0 Å². The highest BCUT2D eigenvalue weighted by Crippen LogP contribution is 2.42. The molecule has 3 rings (SSSR count). The number of allylic oxidation sites excluding steroid dienone is 4. The average Bonchev–Trinajstić information content (AvgIpc) is 2.82. The molecule has 194 valence electrons. The van der Waals surface area contributed by atoms with Crippen molar-refractivity contribution < 1.29 is 19.3 Å². The number of esters is 1. The van der Waals surface area contributed by atoms with Crippen LogP contribution < -0.4 is 0 Å². The van der Waals surface area contributed by atoms with Gasteiger partial charge in [-0.15, -0.1) is 0 Å². The molecule has 1 aromatic carbocycles. The molecule has 0 bridgehead atoms. The summed E-state index contributed by atoms with van der Waals surface area (Å²) in [5.41, 5.74) is 5.77. The molecule has 1 saturated heterocycles. The molecule has 0 aromatic heterocycles. The molecule has 0 saturated carbocycles. The number of carbonyl (C=O) groups excluding carboxylic acids is 1. The highest BCUT2D eigenvalue weighted by atomic mass is 17.2. The predicted octanol–water partition coefficient (Wildman–Crippen LogP) is 8.27. The van der Waals surface area contributed by atoms with Crippen molar-refractivity contribution in [2.75, 3.05) is 0 Å². The monoisotopic (exact) mass is 482 g/mol. The molecular formula is C31H46O4. The molecule has 2 aliphatic rings. The normalized spacial score (nSPS) is 25.9. The van der Waals surface area contributed by atoms with Gasteiger partial charge in [-0.25, -0.2) is 9.78 Å². The van der Waals surface area contributed by atoms with Crippen LogP contribution in [0, 0.1) is 11.3 Å². The zero-order valence-corrected chi connectivity index (χ0v) is 22.8. The van der Waals surface area contributed by atoms with Crippen LogP contribution in [0.5, 0.6) is 0 Å². The first-order chi connectivity index (χ1) is 16.6. The summed E-state index contributed by atoms with van der Waals surface area (Å²) in [7, 11) is 0. The zero-order chi connectivity index (χ0) is 25.5. The Balaban J connectivity index is 1.39. The van der Waals surface area contributed by atoms with Crippen LogP contribution in [-0.4, -0.2) is 17.7 Å². The lowest BCUT2D eigenvalue weighted by molar-refractivity contribution is -0.411. The lowest BCUT2D eigenvalue weighted by atomic mass is 9.71. The highest BCUT2D eigenvalue weighted by Gasteiger charge is 2.38. The summed E-state index contributed by atoms with van der Waals surface area (Å²) >= 11 is 0. The van der Waals surface area contributed by atoms with Gasteiger partial charge in [0.15, 0.2) is 0 Å². The maximum absolute atomic E-state index is 12.5. The molecule has 0 unspecified atom stereocenters. The van der Waals surface area contributed by atoms with E-state index in [1.54, 1.807) is 11.1 Å². The smallest absolute Gasteiger partial charge is 0.311 e. The van der Waals surface area contributed by atoms with Crippen LogP contribution in [-0.2, 0) is 25.9 Å². The van der Waals surface area contributed by atoms with Gasteiger partial charge in [0.1, 0.15) is 18.3 Å². The van der Waals surface area contributed by atoms with Gasteiger partial charge in [-0.2, -0.15) is 0 Å². The van der Waals surface area contributed by atoms with E-state index in [0.29, 0.717) is 5.41 Å². The number of hydrogen-bond acceptors (Lipinski definition) is 4. The largest absolute Gasteiger partial charge is 0.461 e. The van der Waals surface area contributed by atoms with Gasteiger partial charge in [-0.1, -0.05) is 67.0 Å². The fourth-order valence-corrected chi connectivity index (χ4v) is 5.50. The Labute approximate surface area is 213 Å². The zero-order valence-electron chi connectivity index (χ0n) is 22.8. The molecule has 1 aliphatic heterocycles. The summed E-state index contributed by atoms with van der Waals surface area (Å²) in [6.45, 7) is 13.7. The number of rotatable bonds is 10. The fraction of sp³-hybridized carbons (Fsp3) is 0.645. The molecule has 1 aliphatic carbocycles. The first-order valence-corrected chi connectivity index (χ1v) is 13.5. The quantitative estimate of drug-likeness (QED) is 0.191. The lowest BCUT2D eigenvalue weighted by Crippen LogP contribution is -2.41. The second-order valence-corrected chi connectivity index (χ2v) is 11.7. The van der Waals surface area contributed by atoms with E-state index >= 15 is 0 Å². The van der Waals surface area contributed by atoms with E-state index in [1.807, 2.05) is 37.3 Å². The van der Waals surface area contributed by atoms with Crippen molar-refractivity contribution in [3.63, 3.8) is 0 Å². The minimum Gasteiger partial charge on any atom is -0.461 e. The third-order valence-electron chi connectivity index (χ3n) is 8.10. The van der Waals surface area contributed by atoms with Crippen molar-refractivity contribution in [2.45, 2.75) is 118 Å². The van der Waals surface area contributed by atoms with E-state index in [0.717, 1.165) is 37.7 Å². The van der Waals surface area contributed by atoms with Crippen LogP contribution in [0.15, 0.2) is 53.1 Å². The third kappa shape index (κ3) is 8.05. The minimum atomic E-state index is -0.354. The van der Waals surface area contributed by atoms with E-state index in [2.05, 4.69) is 40.7 Å². The van der Waals surface area contributed by atoms with Crippen LogP contribution >= 0.6 is 0 Å². The predicted molar refractivity (Wildman–Crippen MR) is 142 cm³/mol. The Morgan fingerprint density at radius 2 is 1.94 bits per heavy atom. The van der Waals surface area contributed by atoms with E-state index in [9.17, 15) is 4.79 Å². The minimum absolute atomic E-state index is 0.240. The lowest BCUT2D eigenvalue weighted by Gasteiger charge is -2.37. The molecule has 0 amide bonds. The standard InChI is InChI=1S/C31H46O4/c1-23(16-17-27-24(2)13-11-19-30(27,4)5)12-10-20-31(6)21-18-28(34-35-31)25(3)29(32)33-22-26-14-8-7-9-15-26/h7-9,12,14-15,25,28H,10-11,13,16-22H2,1-6H3/b23-12+/t25-,28+,31-/m1/s1. The van der Waals surface area contributed by atoms with Gasteiger partial charge >= 0.3 is 5.97 Å². The van der Waals surface area contributed by atoms with Gasteiger partial charge < -0.3 is 4.74 Å². The Morgan fingerprint density at radius 1 is 1.20 bits per heavy atom. The molecular weight excluding hydrogens is 436 g/mol. The van der Waals surface area contributed by atoms with Gasteiger partial charge in [0.2, 0.25) is 0 Å². The van der Waals surface area contributed by atoms with Crippen LogP contribution in [0.4, 0.5) is 0 Å². The third-order valence-corrected chi connectivity index (χ3v) is 8.10. The number of ether oxygens (including phenoxy) is 1. The average molecular weight is 483 g/mol. The van der Waals surface area contributed by atoms with Gasteiger partial charge in [0, 0.05) is 0 Å². The van der Waals surface area contributed by atoms with Crippen molar-refractivity contribution in [1.29, 1.82) is 0 Å². The maximum atomic E-state index is 12.5. The summed E-state index contributed by atoms with van der Waals surface area (Å²) < 4.78 is 5.49. The molecule has 0 spiro atoms.